The van der Waals surface area contributed by atoms with Gasteiger partial charge in [0.1, 0.15) is 36.3 Å². The van der Waals surface area contributed by atoms with Crippen LogP contribution in [0.4, 0.5) is 0 Å². The number of likely N-dealkylation sites (N-methyl/N-ethyl adjacent to an activating group) is 4. The standard InChI is InChI=1S/C42H72N12O10.2ClH/c1-9-51-23-33(57)49(7)35(25(3)4)39(61)45-19-27(43)42(64)54-18-14-12-16-30(54)38(60)48-22-32(56)52(10-2)24-34(58)50(8)36(26(5)6)40(62)46-20-28(44)41(63)53-17-13-11-15-29(53)37(59)47-21-31(51)55;;/h25-30,35-36H,9-24,43-44H2,1-8H3,(H,45,61)(H,46,62)(H,47,59)(H,48,60);2*1H/t27-,28-,29+,30+,35+,36+;;/m1../s1. The lowest BCUT2D eigenvalue weighted by Gasteiger charge is -2.37. The van der Waals surface area contributed by atoms with Gasteiger partial charge in [0, 0.05) is 53.4 Å². The zero-order valence-electron chi connectivity index (χ0n) is 39.7. The predicted molar refractivity (Wildman–Crippen MR) is 248 cm³/mol. The van der Waals surface area contributed by atoms with Crippen LogP contribution in [0.3, 0.4) is 0 Å². The van der Waals surface area contributed by atoms with E-state index in [0.29, 0.717) is 38.5 Å². The van der Waals surface area contributed by atoms with Gasteiger partial charge in [0.25, 0.3) is 0 Å². The first-order valence-electron chi connectivity index (χ1n) is 22.5. The molecule has 6 atom stereocenters. The average molecular weight is 978 g/mol. The van der Waals surface area contributed by atoms with Gasteiger partial charge in [-0.3, -0.25) is 47.9 Å². The smallest absolute Gasteiger partial charge is 0.243 e. The van der Waals surface area contributed by atoms with E-state index in [0.717, 1.165) is 0 Å². The van der Waals surface area contributed by atoms with E-state index in [1.165, 1.54) is 43.5 Å². The Kier molecular flexibility index (Phi) is 24.9. The Balaban J connectivity index is 0.0000109. The highest BCUT2D eigenvalue weighted by Gasteiger charge is 2.39. The maximum absolute atomic E-state index is 13.7. The molecular weight excluding hydrogens is 903 g/mol. The van der Waals surface area contributed by atoms with Crippen molar-refractivity contribution in [2.24, 2.45) is 23.3 Å². The largest absolute Gasteiger partial charge is 0.352 e. The van der Waals surface area contributed by atoms with Crippen LogP contribution in [0.2, 0.25) is 0 Å². The summed E-state index contributed by atoms with van der Waals surface area (Å²) in [4.78, 5) is 143. The van der Waals surface area contributed by atoms with Gasteiger partial charge < -0.3 is 62.1 Å². The molecular formula is C42H74Cl2N12O10. The Bertz CT molecular complexity index is 1620. The number of carbonyl (C=O) groups excluding carboxylic acids is 10. The van der Waals surface area contributed by atoms with E-state index in [1.807, 2.05) is 0 Å². The summed E-state index contributed by atoms with van der Waals surface area (Å²) in [5.41, 5.74) is 12.6. The fourth-order valence-corrected chi connectivity index (χ4v) is 8.42. The molecule has 0 aliphatic carbocycles. The van der Waals surface area contributed by atoms with Crippen molar-refractivity contribution in [1.29, 1.82) is 0 Å². The van der Waals surface area contributed by atoms with Crippen LogP contribution in [0.5, 0.6) is 0 Å². The Hall–Kier alpha value is -4.80. The normalized spacial score (nSPS) is 26.5. The number of nitrogens with one attached hydrogen (secondary N) is 4. The fourth-order valence-electron chi connectivity index (χ4n) is 8.42. The molecule has 10 amide bonds. The van der Waals surface area contributed by atoms with E-state index < -0.39 is 133 Å². The second-order valence-electron chi connectivity index (χ2n) is 17.4. The molecule has 0 aromatic rings. The highest BCUT2D eigenvalue weighted by atomic mass is 35.5. The average Bonchev–Trinajstić information content (AvgIpc) is 3.27. The summed E-state index contributed by atoms with van der Waals surface area (Å²) >= 11 is 0. The second kappa shape index (κ2) is 27.7. The molecule has 0 radical (unpaired) electrons. The van der Waals surface area contributed by atoms with Gasteiger partial charge in [-0.05, 0) is 64.2 Å². The van der Waals surface area contributed by atoms with E-state index in [9.17, 15) is 47.9 Å². The number of fused-ring (bicyclic) bond motifs is 2. The number of nitrogens with two attached hydrogens (primary N) is 2. The van der Waals surface area contributed by atoms with Gasteiger partial charge in [0.05, 0.1) is 26.2 Å². The van der Waals surface area contributed by atoms with Gasteiger partial charge in [-0.15, -0.1) is 24.8 Å². The summed E-state index contributed by atoms with van der Waals surface area (Å²) in [6.07, 6.45) is 3.04. The highest BCUT2D eigenvalue weighted by Crippen LogP contribution is 2.20. The minimum atomic E-state index is -1.25. The number of halogens is 2. The van der Waals surface area contributed by atoms with Crippen molar-refractivity contribution in [2.75, 3.05) is 79.5 Å². The number of piperidine rings is 2. The fraction of sp³-hybridized carbons (Fsp3) is 0.762. The molecule has 0 aromatic carbocycles. The summed E-state index contributed by atoms with van der Waals surface area (Å²) in [5, 5.41) is 10.5. The number of rotatable bonds is 4. The van der Waals surface area contributed by atoms with Crippen LogP contribution in [0.25, 0.3) is 0 Å². The molecule has 376 valence electrons. The number of hydrogen-bond donors (Lipinski definition) is 6. The Morgan fingerprint density at radius 2 is 0.848 bits per heavy atom. The third-order valence-corrected chi connectivity index (χ3v) is 12.2. The lowest BCUT2D eigenvalue weighted by Crippen LogP contribution is -2.60. The van der Waals surface area contributed by atoms with Crippen molar-refractivity contribution in [3.63, 3.8) is 0 Å². The van der Waals surface area contributed by atoms with Crippen molar-refractivity contribution < 1.29 is 47.9 Å². The van der Waals surface area contributed by atoms with Gasteiger partial charge in [0.15, 0.2) is 0 Å². The predicted octanol–water partition coefficient (Wildman–Crippen LogP) is -2.61. The third-order valence-electron chi connectivity index (χ3n) is 12.2. The molecule has 3 saturated heterocycles. The highest BCUT2D eigenvalue weighted by molar-refractivity contribution is 5.96. The van der Waals surface area contributed by atoms with Crippen molar-refractivity contribution in [3.05, 3.63) is 0 Å². The van der Waals surface area contributed by atoms with Crippen LogP contribution in [0, 0.1) is 11.8 Å². The zero-order chi connectivity index (χ0) is 48.0. The number of hydrogen-bond acceptors (Lipinski definition) is 12. The van der Waals surface area contributed by atoms with Crippen LogP contribution >= 0.6 is 24.8 Å². The Morgan fingerprint density at radius 1 is 0.515 bits per heavy atom. The first-order valence-corrected chi connectivity index (χ1v) is 22.5. The van der Waals surface area contributed by atoms with Crippen molar-refractivity contribution in [3.8, 4) is 0 Å². The molecule has 0 unspecified atom stereocenters. The van der Waals surface area contributed by atoms with Crippen LogP contribution in [0.1, 0.15) is 80.1 Å². The third kappa shape index (κ3) is 15.6. The molecule has 3 heterocycles. The topological polar surface area (TPSA) is 290 Å². The maximum Gasteiger partial charge on any atom is 0.243 e. The maximum atomic E-state index is 13.7. The van der Waals surface area contributed by atoms with Gasteiger partial charge in [-0.25, -0.2) is 0 Å². The van der Waals surface area contributed by atoms with E-state index >= 15 is 0 Å². The number of nitrogens with zero attached hydrogens (tertiary/aromatic N) is 6. The molecule has 0 bridgehead atoms. The van der Waals surface area contributed by atoms with Gasteiger partial charge in [-0.2, -0.15) is 0 Å². The molecule has 22 nitrogen and oxygen atoms in total. The Labute approximate surface area is 400 Å². The minimum absolute atomic E-state index is 0. The van der Waals surface area contributed by atoms with E-state index in [-0.39, 0.29) is 64.1 Å². The van der Waals surface area contributed by atoms with Crippen molar-refractivity contribution >= 4 is 83.9 Å². The molecule has 0 spiro atoms. The Morgan fingerprint density at radius 3 is 1.15 bits per heavy atom. The molecule has 24 heteroatoms. The molecule has 8 N–H and O–H groups in total. The molecule has 3 aliphatic heterocycles. The van der Waals surface area contributed by atoms with Crippen LogP contribution in [-0.2, 0) is 47.9 Å². The minimum Gasteiger partial charge on any atom is -0.352 e. The summed E-state index contributed by atoms with van der Waals surface area (Å²) in [6, 6.07) is -6.45. The summed E-state index contributed by atoms with van der Waals surface area (Å²) in [5.74, 6) is -6.63. The molecule has 66 heavy (non-hydrogen) atoms. The number of amides is 10. The summed E-state index contributed by atoms with van der Waals surface area (Å²) in [7, 11) is 2.85. The SMILES string of the molecule is CCN1CC(=O)N(C)[C@@H](C(C)C)C(=O)NC[C@@H](N)C(=O)N2CCCC[C@H]2C(=O)NCC(=O)N(CC)CC(=O)N(C)[C@@H](C(C)C)C(=O)NC[C@@H](N)C(=O)N2CCCC[C@H]2C(=O)NCC1=O.Cl.Cl. The molecule has 3 rings (SSSR count). The van der Waals surface area contributed by atoms with Crippen LogP contribution in [0.15, 0.2) is 0 Å². The molecule has 3 fully saturated rings. The van der Waals surface area contributed by atoms with Gasteiger partial charge >= 0.3 is 0 Å². The lowest BCUT2D eigenvalue weighted by atomic mass is 9.99. The first-order chi connectivity index (χ1) is 30.2. The van der Waals surface area contributed by atoms with E-state index in [1.54, 1.807) is 41.5 Å². The number of carbonyl (C=O) groups is 10. The van der Waals surface area contributed by atoms with Crippen LogP contribution < -0.4 is 32.7 Å². The van der Waals surface area contributed by atoms with E-state index in [4.69, 9.17) is 11.5 Å². The van der Waals surface area contributed by atoms with Gasteiger partial charge in [0.2, 0.25) is 59.1 Å². The van der Waals surface area contributed by atoms with Crippen molar-refractivity contribution in [2.45, 2.75) is 116 Å². The quantitative estimate of drug-likeness (QED) is 0.169. The summed E-state index contributed by atoms with van der Waals surface area (Å²) in [6.45, 7) is 8.47. The first kappa shape index (κ1) is 59.2. The molecule has 0 saturated carbocycles. The lowest BCUT2D eigenvalue weighted by molar-refractivity contribution is -0.146. The van der Waals surface area contributed by atoms with Gasteiger partial charge in [-0.1, -0.05) is 27.7 Å². The molecule has 0 aromatic heterocycles. The molecule has 3 aliphatic rings. The zero-order valence-corrected chi connectivity index (χ0v) is 41.3. The summed E-state index contributed by atoms with van der Waals surface area (Å²) < 4.78 is 0. The van der Waals surface area contributed by atoms with Crippen molar-refractivity contribution in [1.82, 2.24) is 50.7 Å². The van der Waals surface area contributed by atoms with Crippen LogP contribution in [-0.4, -0.2) is 204 Å². The monoisotopic (exact) mass is 977 g/mol. The van der Waals surface area contributed by atoms with E-state index in [2.05, 4.69) is 21.3 Å². The second-order valence-corrected chi connectivity index (χ2v) is 17.4.